The van der Waals surface area contributed by atoms with Gasteiger partial charge in [0.15, 0.2) is 0 Å². The fourth-order valence-corrected chi connectivity index (χ4v) is 2.63. The Balaban J connectivity index is 1.98. The largest absolute Gasteiger partial charge is 0.234 e. The number of benzene rings is 2. The molecule has 21 heavy (non-hydrogen) atoms. The van der Waals surface area contributed by atoms with Crippen molar-refractivity contribution in [2.24, 2.45) is 0 Å². The molecule has 0 aliphatic rings. The Morgan fingerprint density at radius 1 is 0.905 bits per heavy atom. The van der Waals surface area contributed by atoms with Gasteiger partial charge in [0.2, 0.25) is 10.0 Å². The van der Waals surface area contributed by atoms with E-state index in [0.717, 1.165) is 16.5 Å². The minimum atomic E-state index is -3.49. The summed E-state index contributed by atoms with van der Waals surface area (Å²) in [5.41, 5.74) is 1.60. The lowest BCUT2D eigenvalue weighted by Crippen LogP contribution is -2.20. The lowest BCUT2D eigenvalue weighted by atomic mass is 10.2. The van der Waals surface area contributed by atoms with Crippen molar-refractivity contribution in [2.45, 2.75) is 6.54 Å². The van der Waals surface area contributed by atoms with Gasteiger partial charge in [-0.25, -0.2) is 13.1 Å². The average molecular weight is 342 g/mol. The van der Waals surface area contributed by atoms with Crippen molar-refractivity contribution in [2.75, 3.05) is 0 Å². The van der Waals surface area contributed by atoms with Gasteiger partial charge in [0.25, 0.3) is 0 Å². The summed E-state index contributed by atoms with van der Waals surface area (Å²) in [5, 5.41) is 2.35. The second-order valence-corrected chi connectivity index (χ2v) is 6.87. The van der Waals surface area contributed by atoms with Crippen molar-refractivity contribution < 1.29 is 8.42 Å². The minimum absolute atomic E-state index is 0.213. The van der Waals surface area contributed by atoms with Gasteiger partial charge in [-0.2, -0.15) is 0 Å². The van der Waals surface area contributed by atoms with Gasteiger partial charge in [-0.3, -0.25) is 0 Å². The molecule has 0 heterocycles. The minimum Gasteiger partial charge on any atom is -0.208 e. The lowest BCUT2D eigenvalue weighted by molar-refractivity contribution is 0.591. The quantitative estimate of drug-likeness (QED) is 0.890. The van der Waals surface area contributed by atoms with E-state index in [1.165, 1.54) is 6.08 Å². The fraction of sp³-hybridized carbons (Fsp3) is 0.0667. The van der Waals surface area contributed by atoms with E-state index in [2.05, 4.69) is 4.72 Å². The van der Waals surface area contributed by atoms with Crippen LogP contribution in [-0.2, 0) is 16.6 Å². The van der Waals surface area contributed by atoms with E-state index in [4.69, 9.17) is 23.2 Å². The zero-order chi connectivity index (χ0) is 15.3. The van der Waals surface area contributed by atoms with Crippen molar-refractivity contribution in [3.05, 3.63) is 75.1 Å². The molecule has 0 spiro atoms. The molecule has 0 saturated carbocycles. The van der Waals surface area contributed by atoms with Gasteiger partial charge in [-0.1, -0.05) is 47.5 Å². The summed E-state index contributed by atoms with van der Waals surface area (Å²) in [5.74, 6) is 0. The molecule has 1 N–H and O–H groups in total. The zero-order valence-electron chi connectivity index (χ0n) is 11.0. The second kappa shape index (κ2) is 7.09. The number of hydrogen-bond acceptors (Lipinski definition) is 2. The molecule has 0 atom stereocenters. The van der Waals surface area contributed by atoms with E-state index in [9.17, 15) is 8.42 Å². The van der Waals surface area contributed by atoms with Crippen LogP contribution in [0.15, 0.2) is 53.9 Å². The summed E-state index contributed by atoms with van der Waals surface area (Å²) in [6.07, 6.45) is 1.51. The van der Waals surface area contributed by atoms with Crippen molar-refractivity contribution in [3.8, 4) is 0 Å². The van der Waals surface area contributed by atoms with Gasteiger partial charge >= 0.3 is 0 Å². The van der Waals surface area contributed by atoms with Gasteiger partial charge in [0, 0.05) is 22.0 Å². The highest BCUT2D eigenvalue weighted by Crippen LogP contribution is 2.12. The van der Waals surface area contributed by atoms with Crippen LogP contribution in [0.3, 0.4) is 0 Å². The van der Waals surface area contributed by atoms with E-state index in [1.807, 2.05) is 0 Å². The number of nitrogens with one attached hydrogen (secondary N) is 1. The van der Waals surface area contributed by atoms with Crippen LogP contribution < -0.4 is 4.72 Å². The summed E-state index contributed by atoms with van der Waals surface area (Å²) in [6.45, 7) is 0.213. The lowest BCUT2D eigenvalue weighted by Gasteiger charge is -2.03. The second-order valence-electron chi connectivity index (χ2n) is 4.35. The maximum atomic E-state index is 11.9. The van der Waals surface area contributed by atoms with Crippen LogP contribution in [0.5, 0.6) is 0 Å². The molecule has 2 aromatic carbocycles. The third-order valence-electron chi connectivity index (χ3n) is 2.70. The molecule has 3 nitrogen and oxygen atoms in total. The Bertz CT molecular complexity index is 723. The van der Waals surface area contributed by atoms with Crippen LogP contribution in [-0.4, -0.2) is 8.42 Å². The van der Waals surface area contributed by atoms with Crippen LogP contribution in [0.4, 0.5) is 0 Å². The van der Waals surface area contributed by atoms with E-state index < -0.39 is 10.0 Å². The summed E-state index contributed by atoms with van der Waals surface area (Å²) < 4.78 is 26.2. The van der Waals surface area contributed by atoms with Gasteiger partial charge in [0.05, 0.1) is 0 Å². The Hall–Kier alpha value is -1.33. The molecule has 0 aliphatic heterocycles. The van der Waals surface area contributed by atoms with Gasteiger partial charge < -0.3 is 0 Å². The molecular formula is C15H13Cl2NO2S. The first-order chi connectivity index (χ1) is 9.94. The number of hydrogen-bond donors (Lipinski definition) is 1. The SMILES string of the molecule is O=S(=O)(/C=C/c1ccc(Cl)cc1)NCc1ccc(Cl)cc1. The number of halogens is 2. The highest BCUT2D eigenvalue weighted by atomic mass is 35.5. The molecule has 6 heteroatoms. The monoisotopic (exact) mass is 341 g/mol. The third kappa shape index (κ3) is 5.52. The Labute approximate surface area is 134 Å². The first kappa shape index (κ1) is 16.0. The number of rotatable bonds is 5. The van der Waals surface area contributed by atoms with Crippen molar-refractivity contribution in [1.29, 1.82) is 0 Å². The predicted molar refractivity (Wildman–Crippen MR) is 87.7 cm³/mol. The standard InChI is InChI=1S/C15H13Cl2NO2S/c16-14-5-1-12(2-6-14)9-10-21(19,20)18-11-13-3-7-15(17)8-4-13/h1-10,18H,11H2/b10-9+. The summed E-state index contributed by atoms with van der Waals surface area (Å²) in [4.78, 5) is 0. The van der Waals surface area contributed by atoms with E-state index in [1.54, 1.807) is 48.5 Å². The van der Waals surface area contributed by atoms with Crippen molar-refractivity contribution in [1.82, 2.24) is 4.72 Å². The Morgan fingerprint density at radius 2 is 1.43 bits per heavy atom. The molecule has 0 unspecified atom stereocenters. The highest BCUT2D eigenvalue weighted by Gasteiger charge is 2.04. The molecule has 0 bridgehead atoms. The van der Waals surface area contributed by atoms with Gasteiger partial charge in [-0.15, -0.1) is 0 Å². The van der Waals surface area contributed by atoms with Crippen LogP contribution in [0.1, 0.15) is 11.1 Å². The maximum absolute atomic E-state index is 11.9. The molecular weight excluding hydrogens is 329 g/mol. The molecule has 0 radical (unpaired) electrons. The first-order valence-corrected chi connectivity index (χ1v) is 8.43. The Kier molecular flexibility index (Phi) is 5.42. The molecule has 110 valence electrons. The van der Waals surface area contributed by atoms with Crippen molar-refractivity contribution in [3.63, 3.8) is 0 Å². The molecule has 0 aromatic heterocycles. The fourth-order valence-electron chi connectivity index (χ4n) is 1.58. The normalized spacial score (nSPS) is 11.9. The molecule has 2 rings (SSSR count). The van der Waals surface area contributed by atoms with Crippen LogP contribution in [0.25, 0.3) is 6.08 Å². The van der Waals surface area contributed by atoms with Crippen LogP contribution >= 0.6 is 23.2 Å². The highest BCUT2D eigenvalue weighted by molar-refractivity contribution is 7.92. The third-order valence-corrected chi connectivity index (χ3v) is 4.25. The molecule has 2 aromatic rings. The van der Waals surface area contributed by atoms with Gasteiger partial charge in [0.1, 0.15) is 0 Å². The van der Waals surface area contributed by atoms with E-state index in [-0.39, 0.29) is 6.54 Å². The molecule has 0 fully saturated rings. The smallest absolute Gasteiger partial charge is 0.208 e. The maximum Gasteiger partial charge on any atom is 0.234 e. The number of sulfonamides is 1. The van der Waals surface area contributed by atoms with Crippen molar-refractivity contribution >= 4 is 39.3 Å². The molecule has 0 amide bonds. The van der Waals surface area contributed by atoms with E-state index in [0.29, 0.717) is 10.0 Å². The van der Waals surface area contributed by atoms with Crippen LogP contribution in [0, 0.1) is 0 Å². The summed E-state index contributed by atoms with van der Waals surface area (Å²) in [7, 11) is -3.49. The summed E-state index contributed by atoms with van der Waals surface area (Å²) >= 11 is 11.5. The predicted octanol–water partition coefficient (Wildman–Crippen LogP) is 4.08. The van der Waals surface area contributed by atoms with E-state index >= 15 is 0 Å². The first-order valence-electron chi connectivity index (χ1n) is 6.12. The summed E-state index contributed by atoms with van der Waals surface area (Å²) in [6, 6.07) is 13.9. The zero-order valence-corrected chi connectivity index (χ0v) is 13.3. The Morgan fingerprint density at radius 3 is 2.00 bits per heavy atom. The molecule has 0 aliphatic carbocycles. The van der Waals surface area contributed by atoms with Crippen LogP contribution in [0.2, 0.25) is 10.0 Å². The van der Waals surface area contributed by atoms with Gasteiger partial charge in [-0.05, 0) is 41.5 Å². The average Bonchev–Trinajstić information content (AvgIpc) is 2.46. The topological polar surface area (TPSA) is 46.2 Å². The molecule has 0 saturated heterocycles.